The van der Waals surface area contributed by atoms with Gasteiger partial charge in [-0.05, 0) is 38.0 Å². The molecule has 0 fully saturated rings. The molecule has 0 aromatic carbocycles. The van der Waals surface area contributed by atoms with Crippen molar-refractivity contribution in [3.8, 4) is 0 Å². The lowest BCUT2D eigenvalue weighted by molar-refractivity contribution is 0.236. The van der Waals surface area contributed by atoms with Gasteiger partial charge in [-0.25, -0.2) is 4.79 Å². The molecule has 0 aliphatic carbocycles. The molecule has 2 aromatic heterocycles. The molecular formula is C14H20N4O2. The van der Waals surface area contributed by atoms with E-state index in [-0.39, 0.29) is 12.1 Å². The maximum absolute atomic E-state index is 11.7. The number of hydrogen-bond acceptors (Lipinski definition) is 3. The standard InChI is InChI=1S/C14H20N4O2/c1-10-4-5-13(20-10)11(2)17-14(19)15-7-6-12-8-16-18(3)9-12/h4-5,8-9,11H,6-7H2,1-3H3,(H2,15,17,19)/t11-/m0/s1. The van der Waals surface area contributed by atoms with Crippen LogP contribution in [-0.4, -0.2) is 22.4 Å². The summed E-state index contributed by atoms with van der Waals surface area (Å²) in [7, 11) is 1.87. The van der Waals surface area contributed by atoms with E-state index >= 15 is 0 Å². The Bertz CT molecular complexity index is 573. The summed E-state index contributed by atoms with van der Waals surface area (Å²) >= 11 is 0. The Hall–Kier alpha value is -2.24. The fourth-order valence-corrected chi connectivity index (χ4v) is 1.93. The zero-order chi connectivity index (χ0) is 14.5. The average Bonchev–Trinajstić information content (AvgIpc) is 2.98. The lowest BCUT2D eigenvalue weighted by atomic mass is 10.2. The van der Waals surface area contributed by atoms with Crippen molar-refractivity contribution in [3.63, 3.8) is 0 Å². The molecule has 0 spiro atoms. The highest BCUT2D eigenvalue weighted by Gasteiger charge is 2.12. The fraction of sp³-hybridized carbons (Fsp3) is 0.429. The number of aryl methyl sites for hydroxylation is 2. The number of nitrogens with zero attached hydrogens (tertiary/aromatic N) is 2. The normalized spacial score (nSPS) is 12.2. The van der Waals surface area contributed by atoms with Crippen LogP contribution < -0.4 is 10.6 Å². The summed E-state index contributed by atoms with van der Waals surface area (Å²) in [6, 6.07) is 3.40. The van der Waals surface area contributed by atoms with Crippen molar-refractivity contribution in [1.82, 2.24) is 20.4 Å². The van der Waals surface area contributed by atoms with Gasteiger partial charge in [0, 0.05) is 19.8 Å². The molecular weight excluding hydrogens is 256 g/mol. The Kier molecular flexibility index (Phi) is 4.45. The molecule has 0 unspecified atom stereocenters. The zero-order valence-electron chi connectivity index (χ0n) is 12.0. The largest absolute Gasteiger partial charge is 0.464 e. The lowest BCUT2D eigenvalue weighted by Crippen LogP contribution is -2.37. The quantitative estimate of drug-likeness (QED) is 0.876. The molecule has 2 amide bonds. The van der Waals surface area contributed by atoms with E-state index in [9.17, 15) is 4.79 Å². The van der Waals surface area contributed by atoms with Crippen LogP contribution in [0.1, 0.15) is 30.0 Å². The van der Waals surface area contributed by atoms with E-state index in [1.54, 1.807) is 10.9 Å². The van der Waals surface area contributed by atoms with Gasteiger partial charge >= 0.3 is 6.03 Å². The van der Waals surface area contributed by atoms with Gasteiger partial charge in [0.1, 0.15) is 11.5 Å². The summed E-state index contributed by atoms with van der Waals surface area (Å²) in [5, 5.41) is 9.74. The SMILES string of the molecule is Cc1ccc([C@H](C)NC(=O)NCCc2cnn(C)c2)o1. The van der Waals surface area contributed by atoms with Gasteiger partial charge in [0.05, 0.1) is 12.2 Å². The van der Waals surface area contributed by atoms with Gasteiger partial charge in [0.25, 0.3) is 0 Å². The van der Waals surface area contributed by atoms with Crippen LogP contribution in [0, 0.1) is 6.92 Å². The Morgan fingerprint density at radius 3 is 2.90 bits per heavy atom. The third-order valence-corrected chi connectivity index (χ3v) is 2.99. The maximum atomic E-state index is 11.7. The Balaban J connectivity index is 1.72. The third-order valence-electron chi connectivity index (χ3n) is 2.99. The van der Waals surface area contributed by atoms with Crippen molar-refractivity contribution in [2.75, 3.05) is 6.54 Å². The molecule has 2 N–H and O–H groups in total. The summed E-state index contributed by atoms with van der Waals surface area (Å²) in [4.78, 5) is 11.7. The van der Waals surface area contributed by atoms with Gasteiger partial charge in [-0.1, -0.05) is 0 Å². The molecule has 108 valence electrons. The second kappa shape index (κ2) is 6.27. The minimum Gasteiger partial charge on any atom is -0.464 e. The number of carbonyl (C=O) groups is 1. The second-order valence-corrected chi connectivity index (χ2v) is 4.84. The maximum Gasteiger partial charge on any atom is 0.315 e. The smallest absolute Gasteiger partial charge is 0.315 e. The first-order valence-corrected chi connectivity index (χ1v) is 6.63. The van der Waals surface area contributed by atoms with Crippen LogP contribution >= 0.6 is 0 Å². The molecule has 2 aromatic rings. The predicted molar refractivity (Wildman–Crippen MR) is 75.3 cm³/mol. The number of carbonyl (C=O) groups excluding carboxylic acids is 1. The zero-order valence-corrected chi connectivity index (χ0v) is 12.0. The van der Waals surface area contributed by atoms with Crippen molar-refractivity contribution < 1.29 is 9.21 Å². The summed E-state index contributed by atoms with van der Waals surface area (Å²) in [6.07, 6.45) is 4.50. The average molecular weight is 276 g/mol. The number of urea groups is 1. The minimum atomic E-state index is -0.199. The van der Waals surface area contributed by atoms with Crippen LogP contribution in [0.5, 0.6) is 0 Å². The van der Waals surface area contributed by atoms with E-state index in [2.05, 4.69) is 15.7 Å². The van der Waals surface area contributed by atoms with Crippen LogP contribution in [0.2, 0.25) is 0 Å². The number of aromatic nitrogens is 2. The molecule has 20 heavy (non-hydrogen) atoms. The highest BCUT2D eigenvalue weighted by atomic mass is 16.3. The van der Waals surface area contributed by atoms with Crippen LogP contribution in [0.15, 0.2) is 28.9 Å². The first-order chi connectivity index (χ1) is 9.54. The van der Waals surface area contributed by atoms with Gasteiger partial charge in [-0.15, -0.1) is 0 Å². The van der Waals surface area contributed by atoms with Crippen LogP contribution in [0.25, 0.3) is 0 Å². The Labute approximate surface area is 118 Å². The first-order valence-electron chi connectivity index (χ1n) is 6.63. The molecule has 6 heteroatoms. The van der Waals surface area contributed by atoms with Gasteiger partial charge in [-0.2, -0.15) is 5.10 Å². The fourth-order valence-electron chi connectivity index (χ4n) is 1.93. The topological polar surface area (TPSA) is 72.1 Å². The molecule has 0 aliphatic heterocycles. The van der Waals surface area contributed by atoms with Crippen molar-refractivity contribution in [2.45, 2.75) is 26.3 Å². The van der Waals surface area contributed by atoms with Crippen molar-refractivity contribution in [1.29, 1.82) is 0 Å². The summed E-state index contributed by atoms with van der Waals surface area (Å²) in [5.74, 6) is 1.59. The minimum absolute atomic E-state index is 0.151. The summed E-state index contributed by atoms with van der Waals surface area (Å²) in [6.45, 7) is 4.34. The number of amides is 2. The van der Waals surface area contributed by atoms with E-state index in [0.717, 1.165) is 23.5 Å². The van der Waals surface area contributed by atoms with Crippen LogP contribution in [-0.2, 0) is 13.5 Å². The molecule has 1 atom stereocenters. The Morgan fingerprint density at radius 2 is 2.30 bits per heavy atom. The number of rotatable bonds is 5. The Morgan fingerprint density at radius 1 is 1.50 bits per heavy atom. The van der Waals surface area contributed by atoms with E-state index < -0.39 is 0 Å². The summed E-state index contributed by atoms with van der Waals surface area (Å²) in [5.41, 5.74) is 1.10. The van der Waals surface area contributed by atoms with Crippen molar-refractivity contribution in [3.05, 3.63) is 41.6 Å². The highest BCUT2D eigenvalue weighted by molar-refractivity contribution is 5.74. The first kappa shape index (κ1) is 14.2. The molecule has 0 aliphatic rings. The second-order valence-electron chi connectivity index (χ2n) is 4.84. The summed E-state index contributed by atoms with van der Waals surface area (Å²) < 4.78 is 7.22. The van der Waals surface area contributed by atoms with Crippen LogP contribution in [0.4, 0.5) is 4.79 Å². The molecule has 2 heterocycles. The molecule has 0 bridgehead atoms. The monoisotopic (exact) mass is 276 g/mol. The van der Waals surface area contributed by atoms with Gasteiger partial charge < -0.3 is 15.1 Å². The number of furan rings is 1. The van der Waals surface area contributed by atoms with Crippen LogP contribution in [0.3, 0.4) is 0 Å². The van der Waals surface area contributed by atoms with Crippen molar-refractivity contribution in [2.24, 2.45) is 7.05 Å². The molecule has 2 rings (SSSR count). The molecule has 0 saturated carbocycles. The van der Waals surface area contributed by atoms with Gasteiger partial charge in [0.15, 0.2) is 0 Å². The van der Waals surface area contributed by atoms with E-state index in [1.165, 1.54) is 0 Å². The molecule has 6 nitrogen and oxygen atoms in total. The van der Waals surface area contributed by atoms with E-state index in [4.69, 9.17) is 4.42 Å². The highest BCUT2D eigenvalue weighted by Crippen LogP contribution is 2.15. The van der Waals surface area contributed by atoms with E-state index in [1.807, 2.05) is 39.2 Å². The number of nitrogens with one attached hydrogen (secondary N) is 2. The molecule has 0 radical (unpaired) electrons. The van der Waals surface area contributed by atoms with Gasteiger partial charge in [-0.3, -0.25) is 4.68 Å². The van der Waals surface area contributed by atoms with Gasteiger partial charge in [0.2, 0.25) is 0 Å². The molecule has 0 saturated heterocycles. The van der Waals surface area contributed by atoms with Crippen molar-refractivity contribution >= 4 is 6.03 Å². The van der Waals surface area contributed by atoms with E-state index in [0.29, 0.717) is 6.54 Å². The predicted octanol–water partition coefficient (Wildman–Crippen LogP) is 1.92. The number of hydrogen-bond donors (Lipinski definition) is 2. The lowest BCUT2D eigenvalue weighted by Gasteiger charge is -2.12. The third kappa shape index (κ3) is 3.88.